The number of anilines is 1. The summed E-state index contributed by atoms with van der Waals surface area (Å²) in [4.78, 5) is 12.3. The maximum Gasteiger partial charge on any atom is 0.291 e. The first-order valence-corrected chi connectivity index (χ1v) is 6.99. The fourth-order valence-corrected chi connectivity index (χ4v) is 2.23. The summed E-state index contributed by atoms with van der Waals surface area (Å²) in [6.07, 6.45) is 5.73. The number of hydrogen-bond acceptors (Lipinski definition) is 4. The number of nitrogens with zero attached hydrogens (tertiary/aromatic N) is 4. The van der Waals surface area contributed by atoms with Gasteiger partial charge in [0.25, 0.3) is 5.56 Å². The molecule has 7 heteroatoms. The molecule has 20 heavy (non-hydrogen) atoms. The van der Waals surface area contributed by atoms with Crippen LogP contribution in [0.5, 0.6) is 0 Å². The molecule has 3 rings (SSSR count). The fraction of sp³-hybridized carbons (Fsp3) is 0.462. The summed E-state index contributed by atoms with van der Waals surface area (Å²) in [5.41, 5.74) is 1.09. The zero-order valence-corrected chi connectivity index (χ0v) is 12.0. The number of hydrogen-bond donors (Lipinski definition) is 1. The molecule has 2 aromatic rings. The summed E-state index contributed by atoms with van der Waals surface area (Å²) in [5, 5.41) is 11.8. The van der Waals surface area contributed by atoms with Crippen molar-refractivity contribution >= 4 is 17.3 Å². The van der Waals surface area contributed by atoms with Crippen LogP contribution in [0.3, 0.4) is 0 Å². The highest BCUT2D eigenvalue weighted by atomic mass is 35.5. The number of nitrogens with one attached hydrogen (secondary N) is 1. The third kappa shape index (κ3) is 2.85. The maximum absolute atomic E-state index is 12.3. The summed E-state index contributed by atoms with van der Waals surface area (Å²) in [6, 6.07) is 1.89. The first-order chi connectivity index (χ1) is 9.63. The topological polar surface area (TPSA) is 64.7 Å². The Bertz CT molecular complexity index is 674. The lowest BCUT2D eigenvalue weighted by Crippen LogP contribution is -2.26. The predicted molar refractivity (Wildman–Crippen MR) is 76.8 cm³/mol. The molecule has 0 saturated heterocycles. The second-order valence-electron chi connectivity index (χ2n) is 5.13. The van der Waals surface area contributed by atoms with E-state index in [9.17, 15) is 4.79 Å². The van der Waals surface area contributed by atoms with E-state index >= 15 is 0 Å². The highest BCUT2D eigenvalue weighted by Crippen LogP contribution is 2.30. The van der Waals surface area contributed by atoms with Gasteiger partial charge in [-0.05, 0) is 24.8 Å². The van der Waals surface area contributed by atoms with Crippen LogP contribution in [0.15, 0.2) is 23.3 Å². The van der Waals surface area contributed by atoms with Crippen LogP contribution in [0.4, 0.5) is 5.69 Å². The van der Waals surface area contributed by atoms with Gasteiger partial charge in [-0.1, -0.05) is 11.6 Å². The van der Waals surface area contributed by atoms with Gasteiger partial charge in [0.15, 0.2) is 0 Å². The Kier molecular flexibility index (Phi) is 3.48. The maximum atomic E-state index is 12.3. The van der Waals surface area contributed by atoms with Crippen LogP contribution in [0.2, 0.25) is 5.02 Å². The smallest absolute Gasteiger partial charge is 0.291 e. The van der Waals surface area contributed by atoms with Gasteiger partial charge >= 0.3 is 0 Å². The molecule has 0 aromatic carbocycles. The van der Waals surface area contributed by atoms with Gasteiger partial charge < -0.3 is 5.32 Å². The van der Waals surface area contributed by atoms with Crippen LogP contribution < -0.4 is 10.9 Å². The first kappa shape index (κ1) is 13.2. The van der Waals surface area contributed by atoms with Crippen molar-refractivity contribution in [2.75, 3.05) is 5.32 Å². The number of halogens is 1. The Morgan fingerprint density at radius 1 is 1.50 bits per heavy atom. The lowest BCUT2D eigenvalue weighted by Gasteiger charge is -2.09. The molecular weight excluding hydrogens is 278 g/mol. The molecule has 6 nitrogen and oxygen atoms in total. The third-order valence-electron chi connectivity index (χ3n) is 3.34. The van der Waals surface area contributed by atoms with Crippen molar-refractivity contribution in [2.24, 2.45) is 13.0 Å². The molecule has 2 heterocycles. The van der Waals surface area contributed by atoms with Gasteiger partial charge in [0.1, 0.15) is 5.69 Å². The summed E-state index contributed by atoms with van der Waals surface area (Å²) < 4.78 is 3.21. The minimum atomic E-state index is -0.166. The van der Waals surface area contributed by atoms with Gasteiger partial charge in [-0.2, -0.15) is 10.2 Å². The van der Waals surface area contributed by atoms with E-state index in [0.717, 1.165) is 5.69 Å². The Morgan fingerprint density at radius 3 is 2.95 bits per heavy atom. The van der Waals surface area contributed by atoms with Crippen LogP contribution in [-0.4, -0.2) is 19.6 Å². The summed E-state index contributed by atoms with van der Waals surface area (Å²) in [7, 11) is 1.85. The van der Waals surface area contributed by atoms with Crippen molar-refractivity contribution in [1.82, 2.24) is 19.6 Å². The highest BCUT2D eigenvalue weighted by Gasteiger charge is 2.23. The van der Waals surface area contributed by atoms with E-state index in [-0.39, 0.29) is 5.56 Å². The molecule has 0 unspecified atom stereocenters. The first-order valence-electron chi connectivity index (χ1n) is 6.61. The van der Waals surface area contributed by atoms with Crippen LogP contribution in [0.1, 0.15) is 18.5 Å². The van der Waals surface area contributed by atoms with E-state index in [1.54, 1.807) is 4.68 Å². The fourth-order valence-electron chi connectivity index (χ4n) is 2.04. The largest absolute Gasteiger partial charge is 0.374 e. The van der Waals surface area contributed by atoms with Gasteiger partial charge in [0.05, 0.1) is 23.5 Å². The van der Waals surface area contributed by atoms with Crippen molar-refractivity contribution in [3.05, 3.63) is 39.5 Å². The van der Waals surface area contributed by atoms with Crippen molar-refractivity contribution in [1.29, 1.82) is 0 Å². The van der Waals surface area contributed by atoms with Gasteiger partial charge in [-0.25, -0.2) is 4.68 Å². The monoisotopic (exact) mass is 293 g/mol. The SMILES string of the molecule is Cn1ccc(CNc2c(Cl)cnn(CC3CC3)c2=O)n1. The Balaban J connectivity index is 1.78. The van der Waals surface area contributed by atoms with Crippen LogP contribution in [0.25, 0.3) is 0 Å². The average Bonchev–Trinajstić information content (AvgIpc) is 3.14. The molecule has 1 saturated carbocycles. The molecule has 1 fully saturated rings. The lowest BCUT2D eigenvalue weighted by atomic mass is 10.3. The van der Waals surface area contributed by atoms with Crippen molar-refractivity contribution in [3.8, 4) is 0 Å². The standard InChI is InChI=1S/C13H16ClN5O/c1-18-5-4-10(17-18)6-15-12-11(14)7-16-19(13(12)20)8-9-2-3-9/h4-5,7,9,15H,2-3,6,8H2,1H3. The molecule has 0 aliphatic heterocycles. The predicted octanol–water partition coefficient (Wildman–Crippen LogP) is 1.65. The van der Waals surface area contributed by atoms with E-state index in [4.69, 9.17) is 11.6 Å². The second kappa shape index (κ2) is 5.28. The van der Waals surface area contributed by atoms with E-state index < -0.39 is 0 Å². The molecule has 0 amide bonds. The van der Waals surface area contributed by atoms with Crippen molar-refractivity contribution < 1.29 is 0 Å². The second-order valence-corrected chi connectivity index (χ2v) is 5.54. The molecule has 106 valence electrons. The molecule has 0 bridgehead atoms. The zero-order chi connectivity index (χ0) is 14.1. The summed E-state index contributed by atoms with van der Waals surface area (Å²) in [5.74, 6) is 0.588. The molecule has 0 atom stereocenters. The summed E-state index contributed by atoms with van der Waals surface area (Å²) in [6.45, 7) is 1.14. The number of rotatable bonds is 5. The Labute approximate surface area is 121 Å². The van der Waals surface area contributed by atoms with E-state index in [1.807, 2.05) is 19.3 Å². The minimum Gasteiger partial charge on any atom is -0.374 e. The Hall–Kier alpha value is -1.82. The highest BCUT2D eigenvalue weighted by molar-refractivity contribution is 6.32. The zero-order valence-electron chi connectivity index (χ0n) is 11.2. The van der Waals surface area contributed by atoms with Gasteiger partial charge in [0, 0.05) is 19.8 Å². The Morgan fingerprint density at radius 2 is 2.30 bits per heavy atom. The quantitative estimate of drug-likeness (QED) is 0.910. The van der Waals surface area contributed by atoms with Gasteiger partial charge in [-0.15, -0.1) is 0 Å². The van der Waals surface area contributed by atoms with E-state index in [0.29, 0.717) is 29.7 Å². The normalized spacial score (nSPS) is 14.5. The summed E-state index contributed by atoms with van der Waals surface area (Å²) >= 11 is 6.06. The molecule has 1 N–H and O–H groups in total. The minimum absolute atomic E-state index is 0.166. The van der Waals surface area contributed by atoms with Crippen LogP contribution in [-0.2, 0) is 20.1 Å². The average molecular weight is 294 g/mol. The van der Waals surface area contributed by atoms with E-state index in [2.05, 4.69) is 15.5 Å². The molecular formula is C13H16ClN5O. The third-order valence-corrected chi connectivity index (χ3v) is 3.63. The van der Waals surface area contributed by atoms with Gasteiger partial charge in [-0.3, -0.25) is 9.48 Å². The molecule has 1 aliphatic carbocycles. The number of aromatic nitrogens is 4. The molecule has 0 radical (unpaired) electrons. The molecule has 1 aliphatic rings. The molecule has 0 spiro atoms. The van der Waals surface area contributed by atoms with Crippen molar-refractivity contribution in [3.63, 3.8) is 0 Å². The van der Waals surface area contributed by atoms with E-state index in [1.165, 1.54) is 23.7 Å². The lowest BCUT2D eigenvalue weighted by molar-refractivity contribution is 0.534. The molecule has 2 aromatic heterocycles. The number of aryl methyl sites for hydroxylation is 1. The van der Waals surface area contributed by atoms with Crippen LogP contribution >= 0.6 is 11.6 Å². The van der Waals surface area contributed by atoms with Gasteiger partial charge in [0.2, 0.25) is 0 Å². The van der Waals surface area contributed by atoms with Crippen molar-refractivity contribution in [2.45, 2.75) is 25.9 Å². The van der Waals surface area contributed by atoms with Crippen LogP contribution in [0, 0.1) is 5.92 Å².